The summed E-state index contributed by atoms with van der Waals surface area (Å²) in [5, 5.41) is 9.20. The van der Waals surface area contributed by atoms with E-state index in [9.17, 15) is 4.79 Å². The van der Waals surface area contributed by atoms with Gasteiger partial charge in [0.1, 0.15) is 0 Å². The van der Waals surface area contributed by atoms with Crippen LogP contribution in [0.1, 0.15) is 45.1 Å². The van der Waals surface area contributed by atoms with Gasteiger partial charge in [-0.3, -0.25) is 4.79 Å². The second-order valence-electron chi connectivity index (χ2n) is 6.58. The number of hydrogen-bond acceptors (Lipinski definition) is 4. The molecule has 0 spiro atoms. The van der Waals surface area contributed by atoms with E-state index >= 15 is 0 Å². The fourth-order valence-electron chi connectivity index (χ4n) is 3.08. The van der Waals surface area contributed by atoms with E-state index in [2.05, 4.69) is 20.9 Å². The van der Waals surface area contributed by atoms with Crippen LogP contribution >= 0.6 is 0 Å². The van der Waals surface area contributed by atoms with Crippen molar-refractivity contribution in [2.45, 2.75) is 52.2 Å². The third-order valence-corrected chi connectivity index (χ3v) is 4.41. The summed E-state index contributed by atoms with van der Waals surface area (Å²) in [6.45, 7) is 5.92. The Labute approximate surface area is 161 Å². The molecular weight excluding hydrogens is 344 g/mol. The van der Waals surface area contributed by atoms with Gasteiger partial charge in [-0.25, -0.2) is 4.99 Å². The van der Waals surface area contributed by atoms with Gasteiger partial charge >= 0.3 is 0 Å². The number of para-hydroxylation sites is 1. The Kier molecular flexibility index (Phi) is 8.74. The van der Waals surface area contributed by atoms with Gasteiger partial charge in [0.05, 0.1) is 19.8 Å². The molecule has 1 aromatic carbocycles. The van der Waals surface area contributed by atoms with Crippen molar-refractivity contribution < 1.29 is 14.3 Å². The molecule has 1 saturated carbocycles. The molecule has 0 aromatic heterocycles. The summed E-state index contributed by atoms with van der Waals surface area (Å²) >= 11 is 0. The summed E-state index contributed by atoms with van der Waals surface area (Å²) in [6.07, 6.45) is 4.88. The maximum absolute atomic E-state index is 11.0. The fourth-order valence-corrected chi connectivity index (χ4v) is 3.08. The molecule has 0 bridgehead atoms. The lowest BCUT2D eigenvalue weighted by Crippen LogP contribution is -2.41. The van der Waals surface area contributed by atoms with Gasteiger partial charge in [-0.05, 0) is 38.7 Å². The third-order valence-electron chi connectivity index (χ3n) is 4.41. The van der Waals surface area contributed by atoms with E-state index in [1.165, 1.54) is 19.8 Å². The molecule has 7 heteroatoms. The van der Waals surface area contributed by atoms with Crippen molar-refractivity contribution in [2.75, 3.05) is 26.7 Å². The number of carbonyl (C=O) groups excluding carboxylic acids is 1. The average molecular weight is 377 g/mol. The summed E-state index contributed by atoms with van der Waals surface area (Å²) in [6, 6.07) is 5.91. The molecule has 0 atom stereocenters. The van der Waals surface area contributed by atoms with Gasteiger partial charge in [0, 0.05) is 32.1 Å². The van der Waals surface area contributed by atoms with Crippen molar-refractivity contribution in [3.8, 4) is 11.5 Å². The average Bonchev–Trinajstić information content (AvgIpc) is 3.17. The Bertz CT molecular complexity index is 628. The van der Waals surface area contributed by atoms with Gasteiger partial charge in [-0.2, -0.15) is 0 Å². The number of rotatable bonds is 9. The molecule has 0 saturated heterocycles. The molecule has 27 heavy (non-hydrogen) atoms. The number of amides is 1. The first kappa shape index (κ1) is 20.9. The number of nitrogens with zero attached hydrogens (tertiary/aromatic N) is 1. The summed E-state index contributed by atoms with van der Waals surface area (Å²) < 4.78 is 11.8. The second kappa shape index (κ2) is 11.3. The van der Waals surface area contributed by atoms with Crippen LogP contribution in [0.3, 0.4) is 0 Å². The number of guanidine groups is 1. The molecule has 7 nitrogen and oxygen atoms in total. The van der Waals surface area contributed by atoms with Crippen LogP contribution < -0.4 is 25.4 Å². The first-order valence-electron chi connectivity index (χ1n) is 9.73. The highest BCUT2D eigenvalue weighted by atomic mass is 16.5. The number of methoxy groups -OCH3 is 1. The van der Waals surface area contributed by atoms with E-state index in [1.54, 1.807) is 7.11 Å². The van der Waals surface area contributed by atoms with Gasteiger partial charge in [-0.1, -0.05) is 12.1 Å². The van der Waals surface area contributed by atoms with E-state index in [0.717, 1.165) is 36.4 Å². The first-order chi connectivity index (χ1) is 13.1. The molecule has 3 N–H and O–H groups in total. The number of hydrogen-bond donors (Lipinski definition) is 3. The minimum Gasteiger partial charge on any atom is -0.493 e. The van der Waals surface area contributed by atoms with Gasteiger partial charge in [-0.15, -0.1) is 0 Å². The molecule has 0 unspecified atom stereocenters. The van der Waals surface area contributed by atoms with Crippen molar-refractivity contribution in [3.63, 3.8) is 0 Å². The predicted molar refractivity (Wildman–Crippen MR) is 107 cm³/mol. The van der Waals surface area contributed by atoms with E-state index < -0.39 is 0 Å². The molecule has 1 fully saturated rings. The van der Waals surface area contributed by atoms with Crippen LogP contribution in [0.5, 0.6) is 11.5 Å². The van der Waals surface area contributed by atoms with Crippen molar-refractivity contribution in [1.82, 2.24) is 16.0 Å². The smallest absolute Gasteiger partial charge is 0.216 e. The van der Waals surface area contributed by atoms with Crippen LogP contribution in [0.4, 0.5) is 0 Å². The van der Waals surface area contributed by atoms with Crippen LogP contribution in [0.15, 0.2) is 23.2 Å². The zero-order valence-corrected chi connectivity index (χ0v) is 16.6. The maximum Gasteiger partial charge on any atom is 0.216 e. The van der Waals surface area contributed by atoms with Crippen LogP contribution in [-0.4, -0.2) is 44.7 Å². The van der Waals surface area contributed by atoms with E-state index in [4.69, 9.17) is 9.47 Å². The zero-order valence-electron chi connectivity index (χ0n) is 16.6. The minimum absolute atomic E-state index is 0.0381. The summed E-state index contributed by atoms with van der Waals surface area (Å²) in [7, 11) is 1.66. The monoisotopic (exact) mass is 376 g/mol. The molecule has 150 valence electrons. The van der Waals surface area contributed by atoms with Gasteiger partial charge < -0.3 is 25.4 Å². The van der Waals surface area contributed by atoms with Gasteiger partial charge in [0.2, 0.25) is 5.91 Å². The predicted octanol–water partition coefficient (Wildman–Crippen LogP) is 2.21. The fraction of sp³-hybridized carbons (Fsp3) is 0.600. The van der Waals surface area contributed by atoms with Crippen molar-refractivity contribution in [1.29, 1.82) is 0 Å². The highest BCUT2D eigenvalue weighted by molar-refractivity contribution is 5.80. The molecule has 0 radical (unpaired) electrons. The largest absolute Gasteiger partial charge is 0.493 e. The molecule has 0 aliphatic heterocycles. The Balaban J connectivity index is 2.05. The number of carbonyl (C=O) groups is 1. The standard InChI is InChI=1S/C20H32N4O3/c1-4-21-20(23-13-12-22-15(2)25)24-14-16-8-7-11-18(26-3)19(16)27-17-9-5-6-10-17/h7-8,11,17H,4-6,9-10,12-14H2,1-3H3,(H,22,25)(H2,21,23,24). The summed E-state index contributed by atoms with van der Waals surface area (Å²) in [5.41, 5.74) is 1.00. The van der Waals surface area contributed by atoms with E-state index in [0.29, 0.717) is 25.6 Å². The maximum atomic E-state index is 11.0. The molecule has 1 aliphatic rings. The zero-order chi connectivity index (χ0) is 19.5. The van der Waals surface area contributed by atoms with Gasteiger partial charge in [0.15, 0.2) is 17.5 Å². The Morgan fingerprint density at radius 2 is 1.93 bits per heavy atom. The lowest BCUT2D eigenvalue weighted by atomic mass is 10.1. The molecule has 1 aromatic rings. The van der Waals surface area contributed by atoms with Crippen molar-refractivity contribution in [2.24, 2.45) is 4.99 Å². The Hall–Kier alpha value is -2.44. The number of nitrogens with one attached hydrogen (secondary N) is 3. The lowest BCUT2D eigenvalue weighted by Gasteiger charge is -2.19. The van der Waals surface area contributed by atoms with Crippen LogP contribution in [0.2, 0.25) is 0 Å². The topological polar surface area (TPSA) is 84.0 Å². The number of aliphatic imine (C=N–C) groups is 1. The van der Waals surface area contributed by atoms with Crippen molar-refractivity contribution >= 4 is 11.9 Å². The quantitative estimate of drug-likeness (QED) is 0.350. The van der Waals surface area contributed by atoms with Gasteiger partial charge in [0.25, 0.3) is 0 Å². The Morgan fingerprint density at radius 1 is 1.19 bits per heavy atom. The SMILES string of the molecule is CCNC(=NCc1cccc(OC)c1OC1CCCC1)NCCNC(C)=O. The molecule has 2 rings (SSSR count). The number of ether oxygens (including phenoxy) is 2. The molecule has 0 heterocycles. The van der Waals surface area contributed by atoms with E-state index in [1.807, 2.05) is 25.1 Å². The Morgan fingerprint density at radius 3 is 2.59 bits per heavy atom. The summed E-state index contributed by atoms with van der Waals surface area (Å²) in [4.78, 5) is 15.6. The minimum atomic E-state index is -0.0381. The van der Waals surface area contributed by atoms with E-state index in [-0.39, 0.29) is 12.0 Å². The number of benzene rings is 1. The molecular formula is C20H32N4O3. The first-order valence-corrected chi connectivity index (χ1v) is 9.73. The highest BCUT2D eigenvalue weighted by Crippen LogP contribution is 2.35. The molecule has 1 aliphatic carbocycles. The van der Waals surface area contributed by atoms with Crippen molar-refractivity contribution in [3.05, 3.63) is 23.8 Å². The molecule has 1 amide bonds. The van der Waals surface area contributed by atoms with Crippen LogP contribution in [-0.2, 0) is 11.3 Å². The lowest BCUT2D eigenvalue weighted by molar-refractivity contribution is -0.118. The van der Waals surface area contributed by atoms with Crippen LogP contribution in [0, 0.1) is 0 Å². The highest BCUT2D eigenvalue weighted by Gasteiger charge is 2.20. The summed E-state index contributed by atoms with van der Waals surface area (Å²) in [5.74, 6) is 2.21. The normalized spacial score (nSPS) is 14.7. The second-order valence-corrected chi connectivity index (χ2v) is 6.58. The van der Waals surface area contributed by atoms with Crippen LogP contribution in [0.25, 0.3) is 0 Å². The third kappa shape index (κ3) is 7.00.